The molecule has 0 amide bonds. The summed E-state index contributed by atoms with van der Waals surface area (Å²) in [5.41, 5.74) is -0.474. The average Bonchev–Trinajstić information content (AvgIpc) is 2.42. The van der Waals surface area contributed by atoms with Crippen LogP contribution in [0.4, 0.5) is 23.2 Å². The van der Waals surface area contributed by atoms with Gasteiger partial charge in [0, 0.05) is 12.2 Å². The second-order valence-electron chi connectivity index (χ2n) is 8.00. The zero-order valence-electron chi connectivity index (χ0n) is 13.3. The highest BCUT2D eigenvalue weighted by Crippen LogP contribution is 2.59. The van der Waals surface area contributed by atoms with Gasteiger partial charge in [0.1, 0.15) is 5.82 Å². The van der Waals surface area contributed by atoms with Gasteiger partial charge in [-0.1, -0.05) is 0 Å². The third-order valence-corrected chi connectivity index (χ3v) is 6.06. The number of benzene rings is 1. The maximum atomic E-state index is 13.5. The Bertz CT molecular complexity index is 578. The minimum atomic E-state index is -4.51. The Morgan fingerprint density at radius 3 is 2.00 bits per heavy atom. The molecule has 0 spiro atoms. The van der Waals surface area contributed by atoms with Crippen molar-refractivity contribution in [3.05, 3.63) is 29.6 Å². The van der Waals surface area contributed by atoms with Gasteiger partial charge in [-0.3, -0.25) is 0 Å². The maximum absolute atomic E-state index is 13.5. The molecule has 0 saturated heterocycles. The Balaban J connectivity index is 0.00000169. The maximum Gasteiger partial charge on any atom is 0.416 e. The fourth-order valence-electron chi connectivity index (χ4n) is 5.65. The van der Waals surface area contributed by atoms with E-state index in [4.69, 9.17) is 0 Å². The monoisotopic (exact) mass is 363 g/mol. The van der Waals surface area contributed by atoms with Crippen LogP contribution >= 0.6 is 12.4 Å². The molecule has 4 aliphatic carbocycles. The zero-order valence-corrected chi connectivity index (χ0v) is 14.2. The molecule has 1 aromatic rings. The first kappa shape index (κ1) is 17.8. The first-order chi connectivity index (χ1) is 10.8. The van der Waals surface area contributed by atoms with Crippen LogP contribution in [0.2, 0.25) is 0 Å². The van der Waals surface area contributed by atoms with Crippen molar-refractivity contribution in [2.24, 2.45) is 23.2 Å². The molecule has 0 radical (unpaired) electrons. The van der Waals surface area contributed by atoms with E-state index in [2.05, 4.69) is 5.32 Å². The van der Waals surface area contributed by atoms with E-state index < -0.39 is 17.6 Å². The van der Waals surface area contributed by atoms with E-state index in [1.165, 1.54) is 38.5 Å². The van der Waals surface area contributed by atoms with Gasteiger partial charge in [0.2, 0.25) is 0 Å². The van der Waals surface area contributed by atoms with Crippen molar-refractivity contribution in [1.82, 2.24) is 0 Å². The number of hydrogen-bond donors (Lipinski definition) is 1. The largest absolute Gasteiger partial charge is 0.416 e. The summed E-state index contributed by atoms with van der Waals surface area (Å²) in [6, 6.07) is 2.73. The molecular weight excluding hydrogens is 342 g/mol. The third kappa shape index (κ3) is 3.37. The SMILES string of the molecule is Cl.Fc1cc(NCC23CC4CC(CC(C4)C2)C3)cc(C(F)(F)F)c1. The fraction of sp³-hybridized carbons (Fsp3) is 0.667. The number of rotatable bonds is 3. The fourth-order valence-corrected chi connectivity index (χ4v) is 5.65. The number of hydrogen-bond acceptors (Lipinski definition) is 1. The predicted octanol–water partition coefficient (Wildman–Crippen LogP) is 5.89. The summed E-state index contributed by atoms with van der Waals surface area (Å²) in [6.45, 7) is 0.664. The van der Waals surface area contributed by atoms with Gasteiger partial charge in [-0.05, 0) is 79.9 Å². The van der Waals surface area contributed by atoms with E-state index >= 15 is 0 Å². The highest BCUT2D eigenvalue weighted by molar-refractivity contribution is 5.85. The van der Waals surface area contributed by atoms with Gasteiger partial charge in [0.05, 0.1) is 5.56 Å². The lowest BCUT2D eigenvalue weighted by atomic mass is 9.49. The van der Waals surface area contributed by atoms with E-state index in [0.29, 0.717) is 12.6 Å². The smallest absolute Gasteiger partial charge is 0.384 e. The summed E-state index contributed by atoms with van der Waals surface area (Å²) >= 11 is 0. The Morgan fingerprint density at radius 1 is 0.958 bits per heavy atom. The lowest BCUT2D eigenvalue weighted by Gasteiger charge is -2.57. The molecule has 1 nitrogen and oxygen atoms in total. The molecule has 0 atom stereocenters. The third-order valence-electron chi connectivity index (χ3n) is 6.06. The Kier molecular flexibility index (Phi) is 4.52. The van der Waals surface area contributed by atoms with Crippen LogP contribution in [0.3, 0.4) is 0 Å². The number of alkyl halides is 3. The summed E-state index contributed by atoms with van der Waals surface area (Å²) in [4.78, 5) is 0. The van der Waals surface area contributed by atoms with Crippen LogP contribution in [0.5, 0.6) is 0 Å². The van der Waals surface area contributed by atoms with Gasteiger partial charge in [-0.2, -0.15) is 13.2 Å². The molecule has 0 heterocycles. The number of halogens is 5. The van der Waals surface area contributed by atoms with E-state index in [1.807, 2.05) is 0 Å². The quantitative estimate of drug-likeness (QED) is 0.660. The van der Waals surface area contributed by atoms with Crippen LogP contribution in [-0.4, -0.2) is 6.54 Å². The molecular formula is C18H22ClF4N. The molecule has 1 aromatic carbocycles. The van der Waals surface area contributed by atoms with Crippen molar-refractivity contribution < 1.29 is 17.6 Å². The molecule has 4 fully saturated rings. The van der Waals surface area contributed by atoms with E-state index in [-0.39, 0.29) is 23.5 Å². The Hall–Kier alpha value is -0.970. The van der Waals surface area contributed by atoms with Crippen LogP contribution in [-0.2, 0) is 6.18 Å². The van der Waals surface area contributed by atoms with E-state index in [9.17, 15) is 17.6 Å². The van der Waals surface area contributed by atoms with Crippen molar-refractivity contribution in [1.29, 1.82) is 0 Å². The van der Waals surface area contributed by atoms with E-state index in [1.54, 1.807) is 0 Å². The molecule has 4 bridgehead atoms. The summed E-state index contributed by atoms with van der Waals surface area (Å²) in [6.07, 6.45) is 3.00. The van der Waals surface area contributed by atoms with Crippen molar-refractivity contribution >= 4 is 18.1 Å². The number of anilines is 1. The van der Waals surface area contributed by atoms with Crippen LogP contribution < -0.4 is 5.32 Å². The van der Waals surface area contributed by atoms with E-state index in [0.717, 1.165) is 29.9 Å². The zero-order chi connectivity index (χ0) is 16.2. The molecule has 24 heavy (non-hydrogen) atoms. The Labute approximate surface area is 145 Å². The highest BCUT2D eigenvalue weighted by Gasteiger charge is 2.50. The second kappa shape index (κ2) is 6.08. The first-order valence-electron chi connectivity index (χ1n) is 8.43. The minimum Gasteiger partial charge on any atom is -0.384 e. The normalized spacial score (nSPS) is 34.1. The van der Waals surface area contributed by atoms with Gasteiger partial charge < -0.3 is 5.32 Å². The average molecular weight is 364 g/mol. The first-order valence-corrected chi connectivity index (χ1v) is 8.43. The minimum absolute atomic E-state index is 0. The van der Waals surface area contributed by atoms with Crippen LogP contribution in [0.15, 0.2) is 18.2 Å². The molecule has 0 aliphatic heterocycles. The summed E-state index contributed by atoms with van der Waals surface area (Å²) in [5.74, 6) is 1.54. The molecule has 0 unspecified atom stereocenters. The summed E-state index contributed by atoms with van der Waals surface area (Å²) < 4.78 is 51.9. The van der Waals surface area contributed by atoms with Gasteiger partial charge in [0.15, 0.2) is 0 Å². The molecule has 4 saturated carbocycles. The standard InChI is InChI=1S/C18H21F4N.ClH/c19-15-4-14(18(20,21)22)5-16(6-15)23-10-17-7-11-1-12(8-17)3-13(2-11)9-17;/h4-6,11-13,23H,1-3,7-10H2;1H. The lowest BCUT2D eigenvalue weighted by Crippen LogP contribution is -2.49. The molecule has 6 heteroatoms. The van der Waals surface area contributed by atoms with Crippen molar-refractivity contribution in [2.45, 2.75) is 44.7 Å². The lowest BCUT2D eigenvalue weighted by molar-refractivity contribution is -0.137. The van der Waals surface area contributed by atoms with Crippen LogP contribution in [0.25, 0.3) is 0 Å². The highest BCUT2D eigenvalue weighted by atomic mass is 35.5. The van der Waals surface area contributed by atoms with Gasteiger partial charge in [0.25, 0.3) is 0 Å². The molecule has 1 N–H and O–H groups in total. The van der Waals surface area contributed by atoms with Gasteiger partial charge >= 0.3 is 6.18 Å². The van der Waals surface area contributed by atoms with Crippen molar-refractivity contribution in [3.8, 4) is 0 Å². The Morgan fingerprint density at radius 2 is 1.50 bits per heavy atom. The summed E-state index contributed by atoms with van der Waals surface area (Å²) in [5, 5.41) is 3.12. The molecule has 5 rings (SSSR count). The number of nitrogens with one attached hydrogen (secondary N) is 1. The predicted molar refractivity (Wildman–Crippen MR) is 87.7 cm³/mol. The topological polar surface area (TPSA) is 12.0 Å². The summed E-state index contributed by atoms with van der Waals surface area (Å²) in [7, 11) is 0. The molecule has 0 aromatic heterocycles. The molecule has 134 valence electrons. The van der Waals surface area contributed by atoms with Gasteiger partial charge in [-0.15, -0.1) is 12.4 Å². The van der Waals surface area contributed by atoms with Crippen molar-refractivity contribution in [2.75, 3.05) is 11.9 Å². The van der Waals surface area contributed by atoms with Gasteiger partial charge in [-0.25, -0.2) is 4.39 Å². The van der Waals surface area contributed by atoms with Crippen LogP contribution in [0, 0.1) is 29.0 Å². The van der Waals surface area contributed by atoms with Crippen molar-refractivity contribution in [3.63, 3.8) is 0 Å². The van der Waals surface area contributed by atoms with Crippen LogP contribution in [0.1, 0.15) is 44.1 Å². The molecule has 4 aliphatic rings. The second-order valence-corrected chi connectivity index (χ2v) is 8.00.